The number of rotatable bonds is 5. The number of hydrogen-bond acceptors (Lipinski definition) is 5. The van der Waals surface area contributed by atoms with Crippen molar-refractivity contribution in [3.63, 3.8) is 0 Å². The summed E-state index contributed by atoms with van der Waals surface area (Å²) in [6.07, 6.45) is 4.15. The summed E-state index contributed by atoms with van der Waals surface area (Å²) in [6, 6.07) is 0.196. The monoisotopic (exact) mass is 280 g/mol. The normalized spacial score (nSPS) is 23.1. The number of aryl methyl sites for hydroxylation is 2. The van der Waals surface area contributed by atoms with Gasteiger partial charge in [-0.15, -0.1) is 0 Å². The first-order valence-electron chi connectivity index (χ1n) is 7.40. The molecule has 0 unspecified atom stereocenters. The molecule has 0 radical (unpaired) electrons. The topological polar surface area (TPSA) is 85.2 Å². The Morgan fingerprint density at radius 3 is 3.00 bits per heavy atom. The molecule has 0 bridgehead atoms. The highest BCUT2D eigenvalue weighted by Crippen LogP contribution is 2.23. The zero-order valence-electron chi connectivity index (χ0n) is 12.3. The minimum Gasteiger partial charge on any atom is -0.339 e. The first kappa shape index (κ1) is 15.0. The second-order valence-corrected chi connectivity index (χ2v) is 5.60. The molecule has 2 N–H and O–H groups in total. The smallest absolute Gasteiger partial charge is 0.226 e. The fourth-order valence-corrected chi connectivity index (χ4v) is 2.89. The zero-order chi connectivity index (χ0) is 14.5. The van der Waals surface area contributed by atoms with Crippen LogP contribution in [0.25, 0.3) is 0 Å². The Hall–Kier alpha value is -1.43. The van der Waals surface area contributed by atoms with Crippen molar-refractivity contribution in [2.24, 2.45) is 11.7 Å². The molecule has 1 aromatic rings. The van der Waals surface area contributed by atoms with Gasteiger partial charge in [0.25, 0.3) is 0 Å². The van der Waals surface area contributed by atoms with Crippen LogP contribution in [0.3, 0.4) is 0 Å². The average Bonchev–Trinajstić information content (AvgIpc) is 2.84. The number of amides is 1. The third-order valence-corrected chi connectivity index (χ3v) is 4.03. The molecule has 0 spiro atoms. The molecule has 1 aromatic heterocycles. The Kier molecular flexibility index (Phi) is 5.11. The number of nitrogens with two attached hydrogens (primary N) is 1. The maximum Gasteiger partial charge on any atom is 0.226 e. The van der Waals surface area contributed by atoms with E-state index in [-0.39, 0.29) is 11.9 Å². The Morgan fingerprint density at radius 2 is 2.35 bits per heavy atom. The first-order valence-corrected chi connectivity index (χ1v) is 7.40. The van der Waals surface area contributed by atoms with Gasteiger partial charge in [-0.05, 0) is 32.1 Å². The predicted molar refractivity (Wildman–Crippen MR) is 74.9 cm³/mol. The molecule has 1 aliphatic heterocycles. The number of carbonyl (C=O) groups excluding carboxylic acids is 1. The lowest BCUT2D eigenvalue weighted by atomic mass is 9.90. The average molecular weight is 280 g/mol. The summed E-state index contributed by atoms with van der Waals surface area (Å²) in [6.45, 7) is 5.36. The molecule has 0 saturated carbocycles. The van der Waals surface area contributed by atoms with Gasteiger partial charge in [0, 0.05) is 32.0 Å². The van der Waals surface area contributed by atoms with E-state index in [0.29, 0.717) is 37.0 Å². The van der Waals surface area contributed by atoms with E-state index in [2.05, 4.69) is 17.1 Å². The number of hydrogen-bond donors (Lipinski definition) is 1. The third-order valence-electron chi connectivity index (χ3n) is 4.03. The molecule has 1 aliphatic rings. The van der Waals surface area contributed by atoms with Crippen molar-refractivity contribution in [2.45, 2.75) is 52.0 Å². The summed E-state index contributed by atoms with van der Waals surface area (Å²) >= 11 is 0. The molecule has 1 saturated heterocycles. The lowest BCUT2D eigenvalue weighted by Crippen LogP contribution is -2.51. The highest BCUT2D eigenvalue weighted by molar-refractivity contribution is 5.76. The number of likely N-dealkylation sites (tertiary alicyclic amines) is 1. The summed E-state index contributed by atoms with van der Waals surface area (Å²) in [5.74, 6) is 1.94. The lowest BCUT2D eigenvalue weighted by molar-refractivity contribution is -0.136. The van der Waals surface area contributed by atoms with Crippen LogP contribution in [-0.2, 0) is 11.2 Å². The largest absolute Gasteiger partial charge is 0.339 e. The van der Waals surface area contributed by atoms with Gasteiger partial charge in [-0.1, -0.05) is 12.1 Å². The second kappa shape index (κ2) is 6.83. The second-order valence-electron chi connectivity index (χ2n) is 5.60. The molecule has 1 amide bonds. The van der Waals surface area contributed by atoms with Crippen LogP contribution in [0.2, 0.25) is 0 Å². The fraction of sp³-hybridized carbons (Fsp3) is 0.786. The van der Waals surface area contributed by atoms with Crippen molar-refractivity contribution in [1.82, 2.24) is 15.0 Å². The van der Waals surface area contributed by atoms with Crippen molar-refractivity contribution in [1.29, 1.82) is 0 Å². The molecular formula is C14H24N4O2. The molecule has 2 atom stereocenters. The molecule has 112 valence electrons. The fourth-order valence-electron chi connectivity index (χ4n) is 2.89. The van der Waals surface area contributed by atoms with E-state index in [0.717, 1.165) is 25.8 Å². The van der Waals surface area contributed by atoms with Gasteiger partial charge in [-0.25, -0.2) is 0 Å². The van der Waals surface area contributed by atoms with Gasteiger partial charge in [-0.3, -0.25) is 4.79 Å². The van der Waals surface area contributed by atoms with Gasteiger partial charge < -0.3 is 15.2 Å². The van der Waals surface area contributed by atoms with Crippen LogP contribution in [0.5, 0.6) is 0 Å². The summed E-state index contributed by atoms with van der Waals surface area (Å²) in [4.78, 5) is 18.4. The van der Waals surface area contributed by atoms with Crippen LogP contribution < -0.4 is 5.73 Å². The van der Waals surface area contributed by atoms with Crippen molar-refractivity contribution in [2.75, 3.05) is 13.1 Å². The SMILES string of the molecule is Cc1noc(CCCC(=O)N2CCC[C@@H](C)[C@H]2CN)n1. The Morgan fingerprint density at radius 1 is 1.55 bits per heavy atom. The molecule has 6 nitrogen and oxygen atoms in total. The maximum atomic E-state index is 12.3. The van der Waals surface area contributed by atoms with Crippen LogP contribution in [0, 0.1) is 12.8 Å². The van der Waals surface area contributed by atoms with Crippen LogP contribution in [0.4, 0.5) is 0 Å². The first-order chi connectivity index (χ1) is 9.61. The van der Waals surface area contributed by atoms with E-state index in [4.69, 9.17) is 10.3 Å². The maximum absolute atomic E-state index is 12.3. The minimum absolute atomic E-state index is 0.196. The molecule has 20 heavy (non-hydrogen) atoms. The van der Waals surface area contributed by atoms with E-state index < -0.39 is 0 Å². The van der Waals surface area contributed by atoms with Crippen molar-refractivity contribution in [3.8, 4) is 0 Å². The highest BCUT2D eigenvalue weighted by atomic mass is 16.5. The van der Waals surface area contributed by atoms with E-state index in [1.54, 1.807) is 6.92 Å². The summed E-state index contributed by atoms with van der Waals surface area (Å²) < 4.78 is 5.04. The van der Waals surface area contributed by atoms with E-state index >= 15 is 0 Å². The van der Waals surface area contributed by atoms with E-state index in [1.807, 2.05) is 4.90 Å². The molecule has 6 heteroatoms. The van der Waals surface area contributed by atoms with Crippen LogP contribution in [0.15, 0.2) is 4.52 Å². The molecule has 2 heterocycles. The van der Waals surface area contributed by atoms with Crippen molar-refractivity contribution in [3.05, 3.63) is 11.7 Å². The van der Waals surface area contributed by atoms with E-state index in [1.165, 1.54) is 0 Å². The van der Waals surface area contributed by atoms with Gasteiger partial charge in [-0.2, -0.15) is 4.98 Å². The standard InChI is InChI=1S/C14H24N4O2/c1-10-5-4-8-18(12(10)9-15)14(19)7-3-6-13-16-11(2)17-20-13/h10,12H,3-9,15H2,1-2H3/t10-,12-/m1/s1. The summed E-state index contributed by atoms with van der Waals surface area (Å²) in [7, 11) is 0. The predicted octanol–water partition coefficient (Wildman–Crippen LogP) is 1.29. The number of aromatic nitrogens is 2. The van der Waals surface area contributed by atoms with Gasteiger partial charge in [0.2, 0.25) is 11.8 Å². The van der Waals surface area contributed by atoms with Crippen molar-refractivity contribution >= 4 is 5.91 Å². The molecule has 2 rings (SSSR count). The number of piperidine rings is 1. The number of nitrogens with zero attached hydrogens (tertiary/aromatic N) is 3. The van der Waals surface area contributed by atoms with Gasteiger partial charge in [0.15, 0.2) is 5.82 Å². The van der Waals surface area contributed by atoms with Crippen LogP contribution in [0.1, 0.15) is 44.3 Å². The van der Waals surface area contributed by atoms with Gasteiger partial charge in [0.05, 0.1) is 0 Å². The molecule has 0 aromatic carbocycles. The van der Waals surface area contributed by atoms with E-state index in [9.17, 15) is 4.79 Å². The van der Waals surface area contributed by atoms with Gasteiger partial charge in [0.1, 0.15) is 0 Å². The quantitative estimate of drug-likeness (QED) is 0.878. The van der Waals surface area contributed by atoms with Crippen LogP contribution in [-0.4, -0.2) is 40.1 Å². The Balaban J connectivity index is 1.81. The van der Waals surface area contributed by atoms with Gasteiger partial charge >= 0.3 is 0 Å². The zero-order valence-corrected chi connectivity index (χ0v) is 12.3. The molecular weight excluding hydrogens is 256 g/mol. The summed E-state index contributed by atoms with van der Waals surface area (Å²) in [5.41, 5.74) is 5.82. The minimum atomic E-state index is 0.196. The summed E-state index contributed by atoms with van der Waals surface area (Å²) in [5, 5.41) is 3.74. The Labute approximate surface area is 119 Å². The molecule has 0 aliphatic carbocycles. The Bertz CT molecular complexity index is 446. The third kappa shape index (κ3) is 3.56. The number of carbonyl (C=O) groups is 1. The highest BCUT2D eigenvalue weighted by Gasteiger charge is 2.30. The lowest BCUT2D eigenvalue weighted by Gasteiger charge is -2.39. The van der Waals surface area contributed by atoms with Crippen LogP contribution >= 0.6 is 0 Å². The molecule has 1 fully saturated rings. The van der Waals surface area contributed by atoms with Crippen molar-refractivity contribution < 1.29 is 9.32 Å².